The van der Waals surface area contributed by atoms with Gasteiger partial charge in [0.15, 0.2) is 5.96 Å². The smallest absolute Gasteiger partial charge is 0.233 e. The maximum atomic E-state index is 12.8. The summed E-state index contributed by atoms with van der Waals surface area (Å²) in [5.74, 6) is 1.50. The van der Waals surface area contributed by atoms with Gasteiger partial charge in [0.25, 0.3) is 0 Å². The van der Waals surface area contributed by atoms with Crippen molar-refractivity contribution in [3.05, 3.63) is 36.0 Å². The molecule has 33 heavy (non-hydrogen) atoms. The van der Waals surface area contributed by atoms with Crippen LogP contribution in [0.5, 0.6) is 5.88 Å². The molecule has 2 bridgehead atoms. The fourth-order valence-electron chi connectivity index (χ4n) is 5.68. The summed E-state index contributed by atoms with van der Waals surface area (Å²) >= 11 is 0. The van der Waals surface area contributed by atoms with Crippen LogP contribution in [0, 0.1) is 23.7 Å². The molecule has 9 heteroatoms. The highest BCUT2D eigenvalue weighted by atomic mass is 127. The molecule has 2 amide bonds. The number of rotatable bonds is 7. The fourth-order valence-corrected chi connectivity index (χ4v) is 5.68. The van der Waals surface area contributed by atoms with Gasteiger partial charge in [-0.15, -0.1) is 24.0 Å². The van der Waals surface area contributed by atoms with Crippen molar-refractivity contribution >= 4 is 41.8 Å². The molecule has 4 unspecified atom stereocenters. The molecule has 1 aromatic rings. The molecule has 2 N–H and O–H groups in total. The van der Waals surface area contributed by atoms with Gasteiger partial charge in [-0.3, -0.25) is 19.5 Å². The largest absolute Gasteiger partial charge is 0.474 e. The number of hydrogen-bond donors (Lipinski definition) is 2. The Morgan fingerprint density at radius 2 is 1.85 bits per heavy atom. The highest BCUT2D eigenvalue weighted by Crippen LogP contribution is 2.52. The van der Waals surface area contributed by atoms with Gasteiger partial charge in [-0.2, -0.15) is 0 Å². The lowest BCUT2D eigenvalue weighted by Gasteiger charge is -2.19. The third-order valence-electron chi connectivity index (χ3n) is 7.26. The Morgan fingerprint density at radius 1 is 1.15 bits per heavy atom. The second-order valence-corrected chi connectivity index (χ2v) is 9.21. The van der Waals surface area contributed by atoms with Gasteiger partial charge in [0, 0.05) is 38.9 Å². The minimum Gasteiger partial charge on any atom is -0.474 e. The van der Waals surface area contributed by atoms with Gasteiger partial charge in [-0.1, -0.05) is 12.2 Å². The molecule has 0 spiro atoms. The number of guanidine groups is 1. The number of carbonyl (C=O) groups is 2. The Labute approximate surface area is 211 Å². The lowest BCUT2D eigenvalue weighted by Crippen LogP contribution is -2.43. The number of likely N-dealkylation sites (tertiary alicyclic amines) is 1. The maximum absolute atomic E-state index is 12.8. The number of nitrogens with zero attached hydrogens (tertiary/aromatic N) is 3. The van der Waals surface area contributed by atoms with Crippen LogP contribution in [0.15, 0.2) is 35.5 Å². The zero-order valence-corrected chi connectivity index (χ0v) is 21.2. The second kappa shape index (κ2) is 10.4. The van der Waals surface area contributed by atoms with Crippen LogP contribution in [0.1, 0.15) is 37.7 Å². The lowest BCUT2D eigenvalue weighted by atomic mass is 9.85. The first kappa shape index (κ1) is 24.0. The number of hydrogen-bond acceptors (Lipinski definition) is 5. The number of pyridine rings is 1. The Hall–Kier alpha value is -2.17. The van der Waals surface area contributed by atoms with Crippen LogP contribution in [0.2, 0.25) is 0 Å². The number of halogens is 1. The van der Waals surface area contributed by atoms with Gasteiger partial charge < -0.3 is 15.4 Å². The topological polar surface area (TPSA) is 95.9 Å². The number of ether oxygens (including phenoxy) is 1. The normalized spacial score (nSPS) is 28.3. The van der Waals surface area contributed by atoms with Crippen molar-refractivity contribution in [1.82, 2.24) is 20.5 Å². The first-order chi connectivity index (χ1) is 15.6. The zero-order chi connectivity index (χ0) is 22.1. The van der Waals surface area contributed by atoms with E-state index in [1.165, 1.54) is 17.7 Å². The quantitative estimate of drug-likeness (QED) is 0.174. The van der Waals surface area contributed by atoms with E-state index in [4.69, 9.17) is 4.74 Å². The van der Waals surface area contributed by atoms with Gasteiger partial charge in [0.05, 0.1) is 11.8 Å². The number of imide groups is 1. The van der Waals surface area contributed by atoms with Crippen molar-refractivity contribution in [3.63, 3.8) is 0 Å². The third-order valence-corrected chi connectivity index (χ3v) is 7.26. The Balaban J connectivity index is 0.00000259. The van der Waals surface area contributed by atoms with Gasteiger partial charge in [0.1, 0.15) is 6.10 Å². The molecule has 4 aliphatic rings. The van der Waals surface area contributed by atoms with E-state index < -0.39 is 0 Å². The summed E-state index contributed by atoms with van der Waals surface area (Å²) in [7, 11) is 1.70. The Kier molecular flexibility index (Phi) is 7.55. The lowest BCUT2D eigenvalue weighted by molar-refractivity contribution is -0.140. The number of allylic oxidation sites excluding steroid dienone is 2. The van der Waals surface area contributed by atoms with Crippen LogP contribution in [0.3, 0.4) is 0 Å². The first-order valence-electron chi connectivity index (χ1n) is 11.7. The molecular weight excluding hydrogens is 533 g/mol. The van der Waals surface area contributed by atoms with Crippen LogP contribution in [-0.2, 0) is 16.1 Å². The molecule has 4 atom stereocenters. The number of carbonyl (C=O) groups excluding carboxylic acids is 2. The summed E-state index contributed by atoms with van der Waals surface area (Å²) in [4.78, 5) is 35.6. The highest BCUT2D eigenvalue weighted by molar-refractivity contribution is 14.0. The molecular formula is C24H32IN5O3. The van der Waals surface area contributed by atoms with E-state index in [1.54, 1.807) is 13.2 Å². The van der Waals surface area contributed by atoms with Crippen LogP contribution in [-0.4, -0.2) is 53.9 Å². The van der Waals surface area contributed by atoms with E-state index in [-0.39, 0.29) is 65.6 Å². The first-order valence-corrected chi connectivity index (χ1v) is 11.7. The van der Waals surface area contributed by atoms with Crippen molar-refractivity contribution in [2.24, 2.45) is 28.7 Å². The van der Waals surface area contributed by atoms with Crippen LogP contribution in [0.4, 0.5) is 0 Å². The van der Waals surface area contributed by atoms with Gasteiger partial charge in [-0.05, 0) is 55.6 Å². The summed E-state index contributed by atoms with van der Waals surface area (Å²) in [6.45, 7) is 1.40. The van der Waals surface area contributed by atoms with Crippen LogP contribution >= 0.6 is 24.0 Å². The molecule has 2 heterocycles. The number of amides is 2. The molecule has 0 aromatic carbocycles. The van der Waals surface area contributed by atoms with Crippen LogP contribution in [0.25, 0.3) is 0 Å². The molecule has 1 aromatic heterocycles. The summed E-state index contributed by atoms with van der Waals surface area (Å²) < 4.78 is 5.98. The van der Waals surface area contributed by atoms with Crippen molar-refractivity contribution < 1.29 is 14.3 Å². The van der Waals surface area contributed by atoms with Gasteiger partial charge >= 0.3 is 0 Å². The van der Waals surface area contributed by atoms with Crippen molar-refractivity contribution in [3.8, 4) is 5.88 Å². The molecule has 1 saturated heterocycles. The molecule has 1 aliphatic heterocycles. The predicted molar refractivity (Wildman–Crippen MR) is 135 cm³/mol. The number of aliphatic imine (C=N–C) groups is 1. The SMILES string of the molecule is CN=C(NCCN1C(=O)C2C3C=CC(C3)C2C1=O)NCc1ccnc(OC2CCCC2)c1.I. The van der Waals surface area contributed by atoms with E-state index in [0.29, 0.717) is 31.5 Å². The molecule has 5 rings (SSSR count). The van der Waals surface area contributed by atoms with Crippen LogP contribution < -0.4 is 15.4 Å². The molecule has 2 saturated carbocycles. The van der Waals surface area contributed by atoms with E-state index >= 15 is 0 Å². The standard InChI is InChI=1S/C24H31N5O3.HI/c1-25-24(28-14-15-8-9-26-19(12-15)32-18-4-2-3-5-18)27-10-11-29-22(30)20-16-6-7-17(13-16)21(20)23(29)31;/h6-9,12,16-18,20-21H,2-5,10-11,13-14H2,1H3,(H2,25,27,28);1H. The van der Waals surface area contributed by atoms with E-state index in [2.05, 4.69) is 32.8 Å². The van der Waals surface area contributed by atoms with E-state index in [0.717, 1.165) is 24.8 Å². The summed E-state index contributed by atoms with van der Waals surface area (Å²) in [6, 6.07) is 3.91. The summed E-state index contributed by atoms with van der Waals surface area (Å²) in [5.41, 5.74) is 1.05. The molecule has 8 nitrogen and oxygen atoms in total. The summed E-state index contributed by atoms with van der Waals surface area (Å²) in [6.07, 6.45) is 11.9. The average molecular weight is 565 g/mol. The predicted octanol–water partition coefficient (Wildman–Crippen LogP) is 2.49. The molecule has 0 radical (unpaired) electrons. The average Bonchev–Trinajstić information content (AvgIpc) is 3.58. The zero-order valence-electron chi connectivity index (χ0n) is 18.9. The monoisotopic (exact) mass is 565 g/mol. The van der Waals surface area contributed by atoms with Crippen molar-refractivity contribution in [2.75, 3.05) is 20.1 Å². The summed E-state index contributed by atoms with van der Waals surface area (Å²) in [5, 5.41) is 6.49. The third kappa shape index (κ3) is 4.88. The minimum absolute atomic E-state index is 0. The minimum atomic E-state index is -0.137. The number of nitrogens with one attached hydrogen (secondary N) is 2. The maximum Gasteiger partial charge on any atom is 0.233 e. The Bertz CT molecular complexity index is 916. The molecule has 3 fully saturated rings. The number of aromatic nitrogens is 1. The van der Waals surface area contributed by atoms with Gasteiger partial charge in [-0.25, -0.2) is 4.98 Å². The number of fused-ring (bicyclic) bond motifs is 5. The second-order valence-electron chi connectivity index (χ2n) is 9.21. The van der Waals surface area contributed by atoms with E-state index in [9.17, 15) is 9.59 Å². The van der Waals surface area contributed by atoms with Crippen molar-refractivity contribution in [2.45, 2.75) is 44.8 Å². The molecule has 178 valence electrons. The van der Waals surface area contributed by atoms with Gasteiger partial charge in [0.2, 0.25) is 17.7 Å². The fraction of sp³-hybridized carbons (Fsp3) is 0.583. The van der Waals surface area contributed by atoms with Crippen molar-refractivity contribution in [1.29, 1.82) is 0 Å². The molecule has 3 aliphatic carbocycles. The van der Waals surface area contributed by atoms with E-state index in [1.807, 2.05) is 12.1 Å². The highest BCUT2D eigenvalue weighted by Gasteiger charge is 2.58. The Morgan fingerprint density at radius 3 is 2.52 bits per heavy atom.